The van der Waals surface area contributed by atoms with Crippen molar-refractivity contribution in [1.29, 1.82) is 0 Å². The molecule has 1 aliphatic heterocycles. The molecule has 0 spiro atoms. The van der Waals surface area contributed by atoms with E-state index in [2.05, 4.69) is 65.5 Å². The normalized spacial score (nSPS) is 22.8. The van der Waals surface area contributed by atoms with E-state index in [-0.39, 0.29) is 18.3 Å². The van der Waals surface area contributed by atoms with E-state index in [4.69, 9.17) is 9.31 Å². The first-order chi connectivity index (χ1) is 9.77. The number of hydrogen-bond acceptors (Lipinski definition) is 2. The summed E-state index contributed by atoms with van der Waals surface area (Å²) in [5.74, 6) is 0.741. The minimum Gasteiger partial charge on any atom is -0.403 e. The van der Waals surface area contributed by atoms with Gasteiger partial charge in [0.05, 0.1) is 11.2 Å². The minimum atomic E-state index is -0.256. The van der Waals surface area contributed by atoms with Crippen LogP contribution in [0.5, 0.6) is 0 Å². The third kappa shape index (κ3) is 3.41. The summed E-state index contributed by atoms with van der Waals surface area (Å²) in [6.07, 6.45) is 2.91. The Morgan fingerprint density at radius 1 is 1.10 bits per heavy atom. The molecule has 0 saturated carbocycles. The first-order valence-corrected chi connectivity index (χ1v) is 7.80. The summed E-state index contributed by atoms with van der Waals surface area (Å²) in [5.41, 5.74) is 0.790. The monoisotopic (exact) mass is 286 g/mol. The summed E-state index contributed by atoms with van der Waals surface area (Å²) in [6, 6.07) is 10.5. The first kappa shape index (κ1) is 16.3. The van der Waals surface area contributed by atoms with E-state index in [0.29, 0.717) is 11.8 Å². The standard InChI is InChI=1S/C18H27BO2/c1-7-16(15-11-9-8-10-12-15)14(2)13-19-20-17(3,4)18(5,6)21-19/h7-12,14,16H,1,13H2,2-6H3. The highest BCUT2D eigenvalue weighted by Crippen LogP contribution is 2.40. The molecule has 0 aromatic heterocycles. The molecule has 0 bridgehead atoms. The fourth-order valence-electron chi connectivity index (χ4n) is 2.88. The molecule has 2 rings (SSSR count). The molecule has 114 valence electrons. The molecule has 1 saturated heterocycles. The van der Waals surface area contributed by atoms with Crippen LogP contribution in [0.4, 0.5) is 0 Å². The van der Waals surface area contributed by atoms with Crippen LogP contribution < -0.4 is 0 Å². The van der Waals surface area contributed by atoms with Crippen LogP contribution in [0, 0.1) is 5.92 Å². The van der Waals surface area contributed by atoms with Crippen molar-refractivity contribution in [1.82, 2.24) is 0 Å². The van der Waals surface area contributed by atoms with Crippen molar-refractivity contribution in [2.24, 2.45) is 5.92 Å². The number of rotatable bonds is 5. The molecule has 1 heterocycles. The van der Waals surface area contributed by atoms with Gasteiger partial charge in [0.25, 0.3) is 0 Å². The van der Waals surface area contributed by atoms with Gasteiger partial charge in [-0.05, 0) is 45.5 Å². The van der Waals surface area contributed by atoms with Crippen LogP contribution in [0.25, 0.3) is 0 Å². The SMILES string of the molecule is C=CC(c1ccccc1)C(C)CB1OC(C)(C)C(C)(C)O1. The maximum Gasteiger partial charge on any atom is 0.458 e. The lowest BCUT2D eigenvalue weighted by Crippen LogP contribution is -2.41. The Kier molecular flexibility index (Phi) is 4.65. The Balaban J connectivity index is 2.05. The van der Waals surface area contributed by atoms with E-state index in [1.807, 2.05) is 12.1 Å². The topological polar surface area (TPSA) is 18.5 Å². The van der Waals surface area contributed by atoms with Gasteiger partial charge in [-0.15, -0.1) is 6.58 Å². The summed E-state index contributed by atoms with van der Waals surface area (Å²) in [5, 5.41) is 0. The van der Waals surface area contributed by atoms with E-state index in [0.717, 1.165) is 6.32 Å². The zero-order valence-corrected chi connectivity index (χ0v) is 13.9. The van der Waals surface area contributed by atoms with Crippen molar-refractivity contribution < 1.29 is 9.31 Å². The summed E-state index contributed by atoms with van der Waals surface area (Å²) in [4.78, 5) is 0. The number of benzene rings is 1. The molecule has 1 fully saturated rings. The average molecular weight is 286 g/mol. The van der Waals surface area contributed by atoms with Gasteiger partial charge in [0.1, 0.15) is 0 Å². The highest BCUT2D eigenvalue weighted by molar-refractivity contribution is 6.45. The van der Waals surface area contributed by atoms with Gasteiger partial charge >= 0.3 is 7.12 Å². The van der Waals surface area contributed by atoms with Crippen LogP contribution >= 0.6 is 0 Å². The summed E-state index contributed by atoms with van der Waals surface area (Å²) < 4.78 is 12.2. The van der Waals surface area contributed by atoms with Crippen LogP contribution in [0.2, 0.25) is 6.32 Å². The van der Waals surface area contributed by atoms with Crippen LogP contribution in [0.3, 0.4) is 0 Å². The molecule has 2 atom stereocenters. The molecule has 0 aliphatic carbocycles. The lowest BCUT2D eigenvalue weighted by molar-refractivity contribution is 0.00578. The summed E-state index contributed by atoms with van der Waals surface area (Å²) in [6.45, 7) is 14.6. The van der Waals surface area contributed by atoms with Crippen LogP contribution in [-0.4, -0.2) is 18.3 Å². The van der Waals surface area contributed by atoms with E-state index >= 15 is 0 Å². The molecular weight excluding hydrogens is 259 g/mol. The van der Waals surface area contributed by atoms with Gasteiger partial charge in [-0.1, -0.05) is 43.3 Å². The molecule has 1 aromatic carbocycles. The largest absolute Gasteiger partial charge is 0.458 e. The molecule has 2 nitrogen and oxygen atoms in total. The highest BCUT2D eigenvalue weighted by Gasteiger charge is 2.51. The maximum atomic E-state index is 6.11. The Morgan fingerprint density at radius 3 is 2.10 bits per heavy atom. The van der Waals surface area contributed by atoms with Crippen molar-refractivity contribution in [3.05, 3.63) is 48.6 Å². The van der Waals surface area contributed by atoms with Gasteiger partial charge in [-0.3, -0.25) is 0 Å². The first-order valence-electron chi connectivity index (χ1n) is 7.80. The second-order valence-corrected chi connectivity index (χ2v) is 7.07. The average Bonchev–Trinajstić information content (AvgIpc) is 2.59. The van der Waals surface area contributed by atoms with Crippen molar-refractivity contribution in [3.63, 3.8) is 0 Å². The predicted molar refractivity (Wildman–Crippen MR) is 89.4 cm³/mol. The fourth-order valence-corrected chi connectivity index (χ4v) is 2.88. The van der Waals surface area contributed by atoms with Gasteiger partial charge in [-0.2, -0.15) is 0 Å². The van der Waals surface area contributed by atoms with E-state index in [9.17, 15) is 0 Å². The van der Waals surface area contributed by atoms with Crippen molar-refractivity contribution >= 4 is 7.12 Å². The lowest BCUT2D eigenvalue weighted by atomic mass is 9.71. The summed E-state index contributed by atoms with van der Waals surface area (Å²) in [7, 11) is -0.142. The van der Waals surface area contributed by atoms with Gasteiger partial charge in [0.15, 0.2) is 0 Å². The fraction of sp³-hybridized carbons (Fsp3) is 0.556. The van der Waals surface area contributed by atoms with Crippen LogP contribution in [-0.2, 0) is 9.31 Å². The van der Waals surface area contributed by atoms with Crippen molar-refractivity contribution in [2.75, 3.05) is 0 Å². The minimum absolute atomic E-state index is 0.142. The smallest absolute Gasteiger partial charge is 0.403 e. The Labute approximate surface area is 129 Å². The summed E-state index contributed by atoms with van der Waals surface area (Å²) >= 11 is 0. The molecule has 0 radical (unpaired) electrons. The predicted octanol–water partition coefficient (Wildman–Crippen LogP) is 4.68. The van der Waals surface area contributed by atoms with Crippen molar-refractivity contribution in [2.45, 2.75) is 58.1 Å². The van der Waals surface area contributed by atoms with Gasteiger partial charge in [0, 0.05) is 5.92 Å². The molecular formula is C18H27BO2. The van der Waals surface area contributed by atoms with E-state index < -0.39 is 0 Å². The highest BCUT2D eigenvalue weighted by atomic mass is 16.7. The molecule has 1 aliphatic rings. The van der Waals surface area contributed by atoms with Crippen molar-refractivity contribution in [3.8, 4) is 0 Å². The molecule has 2 unspecified atom stereocenters. The number of allylic oxidation sites excluding steroid dienone is 1. The maximum absolute atomic E-state index is 6.11. The van der Waals surface area contributed by atoms with Gasteiger partial charge in [-0.25, -0.2) is 0 Å². The van der Waals surface area contributed by atoms with E-state index in [1.54, 1.807) is 0 Å². The molecule has 0 amide bonds. The van der Waals surface area contributed by atoms with Crippen LogP contribution in [0.15, 0.2) is 43.0 Å². The molecule has 0 N–H and O–H groups in total. The van der Waals surface area contributed by atoms with Gasteiger partial charge < -0.3 is 9.31 Å². The number of hydrogen-bond donors (Lipinski definition) is 0. The van der Waals surface area contributed by atoms with Crippen LogP contribution in [0.1, 0.15) is 46.1 Å². The Bertz CT molecular complexity index is 465. The Morgan fingerprint density at radius 2 is 1.62 bits per heavy atom. The quantitative estimate of drug-likeness (QED) is 0.577. The molecule has 1 aromatic rings. The molecule has 3 heteroatoms. The molecule has 21 heavy (non-hydrogen) atoms. The second-order valence-electron chi connectivity index (χ2n) is 7.07. The lowest BCUT2D eigenvalue weighted by Gasteiger charge is -2.32. The van der Waals surface area contributed by atoms with E-state index in [1.165, 1.54) is 5.56 Å². The zero-order chi connectivity index (χ0) is 15.7. The third-order valence-electron chi connectivity index (χ3n) is 4.92. The third-order valence-corrected chi connectivity index (χ3v) is 4.92. The second kappa shape index (κ2) is 5.98. The Hall–Kier alpha value is -1.06. The van der Waals surface area contributed by atoms with Gasteiger partial charge in [0.2, 0.25) is 0 Å². The zero-order valence-electron chi connectivity index (χ0n) is 13.9.